The van der Waals surface area contributed by atoms with Crippen molar-refractivity contribution in [2.24, 2.45) is 0 Å². The summed E-state index contributed by atoms with van der Waals surface area (Å²) >= 11 is 0. The number of rotatable bonds is 4. The Bertz CT molecular complexity index is 685. The monoisotopic (exact) mass is 308 g/mol. The zero-order valence-corrected chi connectivity index (χ0v) is 13.0. The van der Waals surface area contributed by atoms with E-state index >= 15 is 0 Å². The molecule has 118 valence electrons. The van der Waals surface area contributed by atoms with Gasteiger partial charge < -0.3 is 9.84 Å². The number of aliphatic hydroxyl groups excluding tert-OH is 1. The minimum absolute atomic E-state index is 0.493. The Morgan fingerprint density at radius 2 is 1.83 bits per heavy atom. The van der Waals surface area contributed by atoms with Crippen LogP contribution in [0.5, 0.6) is 0 Å². The van der Waals surface area contributed by atoms with Gasteiger partial charge in [-0.2, -0.15) is 5.26 Å². The van der Waals surface area contributed by atoms with Gasteiger partial charge in [0.1, 0.15) is 0 Å². The van der Waals surface area contributed by atoms with Crippen molar-refractivity contribution >= 4 is 0 Å². The van der Waals surface area contributed by atoms with Crippen LogP contribution in [0, 0.1) is 11.3 Å². The Kier molecular flexibility index (Phi) is 5.04. The Morgan fingerprint density at radius 3 is 2.52 bits per heavy atom. The number of hydrogen-bond donors (Lipinski definition) is 1. The smallest absolute Gasteiger partial charge is 0.0991 e. The normalized spacial score (nSPS) is 16.7. The maximum absolute atomic E-state index is 10.4. The molecular formula is C19H20N2O2. The zero-order valence-electron chi connectivity index (χ0n) is 13.0. The summed E-state index contributed by atoms with van der Waals surface area (Å²) in [6, 6.07) is 17.6. The van der Waals surface area contributed by atoms with Crippen LogP contribution in [0.4, 0.5) is 0 Å². The highest BCUT2D eigenvalue weighted by Gasteiger charge is 2.16. The molecule has 1 saturated heterocycles. The number of nitrogens with zero attached hydrogens (tertiary/aromatic N) is 2. The number of β-amino-alcohol motifs (C(OH)–C–C–N with tert-alkyl or cyclic N) is 1. The standard InChI is InChI=1S/C19H20N2O2/c20-13-15-2-1-3-18(12-15)16-4-6-17(7-5-16)19(22)14-21-8-10-23-11-9-21/h1-7,12,19,22H,8-11,14H2. The van der Waals surface area contributed by atoms with E-state index in [0.29, 0.717) is 12.1 Å². The van der Waals surface area contributed by atoms with Crippen LogP contribution in [0.25, 0.3) is 11.1 Å². The van der Waals surface area contributed by atoms with E-state index in [4.69, 9.17) is 10.00 Å². The number of ether oxygens (including phenoxy) is 1. The Hall–Kier alpha value is -2.19. The molecule has 4 nitrogen and oxygen atoms in total. The second kappa shape index (κ2) is 7.38. The van der Waals surface area contributed by atoms with Gasteiger partial charge in [0, 0.05) is 19.6 Å². The lowest BCUT2D eigenvalue weighted by atomic mass is 10.0. The average molecular weight is 308 g/mol. The molecule has 0 aliphatic carbocycles. The molecule has 1 heterocycles. The van der Waals surface area contributed by atoms with Crippen LogP contribution in [0.3, 0.4) is 0 Å². The van der Waals surface area contributed by atoms with E-state index in [1.165, 1.54) is 0 Å². The molecule has 0 aromatic heterocycles. The third kappa shape index (κ3) is 3.96. The molecule has 1 unspecified atom stereocenters. The molecule has 1 aliphatic heterocycles. The van der Waals surface area contributed by atoms with E-state index in [2.05, 4.69) is 11.0 Å². The van der Waals surface area contributed by atoms with Gasteiger partial charge in [0.05, 0.1) is 31.0 Å². The van der Waals surface area contributed by atoms with Crippen molar-refractivity contribution in [3.63, 3.8) is 0 Å². The van der Waals surface area contributed by atoms with Gasteiger partial charge in [0.25, 0.3) is 0 Å². The second-order valence-electron chi connectivity index (χ2n) is 5.74. The van der Waals surface area contributed by atoms with Crippen molar-refractivity contribution in [3.05, 3.63) is 59.7 Å². The maximum atomic E-state index is 10.4. The summed E-state index contributed by atoms with van der Waals surface area (Å²) in [7, 11) is 0. The molecule has 0 amide bonds. The summed E-state index contributed by atoms with van der Waals surface area (Å²) in [5, 5.41) is 19.4. The summed E-state index contributed by atoms with van der Waals surface area (Å²) in [5.74, 6) is 0. The third-order valence-electron chi connectivity index (χ3n) is 4.16. The first-order chi connectivity index (χ1) is 11.3. The highest BCUT2D eigenvalue weighted by atomic mass is 16.5. The quantitative estimate of drug-likeness (QED) is 0.943. The summed E-state index contributed by atoms with van der Waals surface area (Å²) in [4.78, 5) is 2.22. The van der Waals surface area contributed by atoms with Crippen LogP contribution < -0.4 is 0 Å². The molecule has 3 rings (SSSR count). The van der Waals surface area contributed by atoms with Crippen LogP contribution in [-0.4, -0.2) is 42.9 Å². The van der Waals surface area contributed by atoms with Gasteiger partial charge in [-0.15, -0.1) is 0 Å². The number of morpholine rings is 1. The molecule has 2 aromatic rings. The molecule has 1 N–H and O–H groups in total. The lowest BCUT2D eigenvalue weighted by Crippen LogP contribution is -2.38. The van der Waals surface area contributed by atoms with Crippen LogP contribution in [0.2, 0.25) is 0 Å². The predicted octanol–water partition coefficient (Wildman–Crippen LogP) is 2.59. The number of benzene rings is 2. The largest absolute Gasteiger partial charge is 0.387 e. The molecule has 23 heavy (non-hydrogen) atoms. The zero-order chi connectivity index (χ0) is 16.1. The fraction of sp³-hybridized carbons (Fsp3) is 0.316. The Balaban J connectivity index is 1.69. The molecule has 1 atom stereocenters. The van der Waals surface area contributed by atoms with Gasteiger partial charge in [0.2, 0.25) is 0 Å². The third-order valence-corrected chi connectivity index (χ3v) is 4.16. The first kappa shape index (κ1) is 15.7. The fourth-order valence-electron chi connectivity index (χ4n) is 2.80. The second-order valence-corrected chi connectivity index (χ2v) is 5.74. The van der Waals surface area contributed by atoms with E-state index in [-0.39, 0.29) is 0 Å². The molecule has 2 aromatic carbocycles. The molecular weight excluding hydrogens is 288 g/mol. The number of aliphatic hydroxyl groups is 1. The van der Waals surface area contributed by atoms with E-state index in [1.54, 1.807) is 6.07 Å². The fourth-order valence-corrected chi connectivity index (χ4v) is 2.80. The van der Waals surface area contributed by atoms with Crippen LogP contribution in [0.1, 0.15) is 17.2 Å². The first-order valence-corrected chi connectivity index (χ1v) is 7.85. The van der Waals surface area contributed by atoms with Gasteiger partial charge in [-0.3, -0.25) is 4.90 Å². The summed E-state index contributed by atoms with van der Waals surface area (Å²) in [6.45, 7) is 3.85. The summed E-state index contributed by atoms with van der Waals surface area (Å²) in [6.07, 6.45) is -0.493. The number of hydrogen-bond acceptors (Lipinski definition) is 4. The van der Waals surface area contributed by atoms with E-state index in [1.807, 2.05) is 42.5 Å². The molecule has 1 fully saturated rings. The molecule has 0 radical (unpaired) electrons. The molecule has 0 saturated carbocycles. The molecule has 0 spiro atoms. The van der Waals surface area contributed by atoms with Crippen LogP contribution >= 0.6 is 0 Å². The Morgan fingerprint density at radius 1 is 1.09 bits per heavy atom. The number of nitriles is 1. The minimum Gasteiger partial charge on any atom is -0.387 e. The topological polar surface area (TPSA) is 56.5 Å². The lowest BCUT2D eigenvalue weighted by Gasteiger charge is -2.28. The van der Waals surface area contributed by atoms with Crippen molar-refractivity contribution in [2.75, 3.05) is 32.8 Å². The Labute approximate surface area is 136 Å². The van der Waals surface area contributed by atoms with E-state index in [9.17, 15) is 5.11 Å². The first-order valence-electron chi connectivity index (χ1n) is 7.85. The van der Waals surface area contributed by atoms with Gasteiger partial charge in [-0.25, -0.2) is 0 Å². The van der Waals surface area contributed by atoms with Crippen molar-refractivity contribution in [1.82, 2.24) is 4.90 Å². The van der Waals surface area contributed by atoms with Crippen LogP contribution in [-0.2, 0) is 4.74 Å². The highest BCUT2D eigenvalue weighted by Crippen LogP contribution is 2.23. The SMILES string of the molecule is N#Cc1cccc(-c2ccc(C(O)CN3CCOCC3)cc2)c1. The maximum Gasteiger partial charge on any atom is 0.0991 e. The average Bonchev–Trinajstić information content (AvgIpc) is 2.63. The molecule has 4 heteroatoms. The van der Waals surface area contributed by atoms with Crippen molar-refractivity contribution < 1.29 is 9.84 Å². The minimum atomic E-state index is -0.493. The molecule has 1 aliphatic rings. The summed E-state index contributed by atoms with van der Waals surface area (Å²) < 4.78 is 5.32. The van der Waals surface area contributed by atoms with E-state index < -0.39 is 6.10 Å². The van der Waals surface area contributed by atoms with Crippen molar-refractivity contribution in [3.8, 4) is 17.2 Å². The van der Waals surface area contributed by atoms with Crippen molar-refractivity contribution in [2.45, 2.75) is 6.10 Å². The highest BCUT2D eigenvalue weighted by molar-refractivity contribution is 5.65. The predicted molar refractivity (Wildman–Crippen MR) is 88.8 cm³/mol. The summed E-state index contributed by atoms with van der Waals surface area (Å²) in [5.41, 5.74) is 3.62. The van der Waals surface area contributed by atoms with Gasteiger partial charge in [0.15, 0.2) is 0 Å². The van der Waals surface area contributed by atoms with Crippen LogP contribution in [0.15, 0.2) is 48.5 Å². The van der Waals surface area contributed by atoms with E-state index in [0.717, 1.165) is 43.0 Å². The molecule has 0 bridgehead atoms. The van der Waals surface area contributed by atoms with Gasteiger partial charge >= 0.3 is 0 Å². The van der Waals surface area contributed by atoms with Gasteiger partial charge in [-0.05, 0) is 28.8 Å². The van der Waals surface area contributed by atoms with Crippen molar-refractivity contribution in [1.29, 1.82) is 5.26 Å². The lowest BCUT2D eigenvalue weighted by molar-refractivity contribution is 0.0143. The van der Waals surface area contributed by atoms with Gasteiger partial charge in [-0.1, -0.05) is 36.4 Å².